The van der Waals surface area contributed by atoms with Gasteiger partial charge in [0.05, 0.1) is 0 Å². The summed E-state index contributed by atoms with van der Waals surface area (Å²) in [6, 6.07) is 36.7. The number of hydrogen-bond acceptors (Lipinski definition) is 0. The number of unbranched alkanes of at least 4 members (excludes halogenated alkanes) is 6. The van der Waals surface area contributed by atoms with Gasteiger partial charge in [0.1, 0.15) is 0 Å². The maximum atomic E-state index is 2.86. The van der Waals surface area contributed by atoms with Gasteiger partial charge in [0.2, 0.25) is 0 Å². The van der Waals surface area contributed by atoms with E-state index >= 15 is 0 Å². The van der Waals surface area contributed by atoms with Crippen molar-refractivity contribution >= 4 is 20.2 Å². The van der Waals surface area contributed by atoms with Gasteiger partial charge in [0.25, 0.3) is 0 Å². The molecule has 1 heterocycles. The third-order valence-corrected chi connectivity index (χ3v) is 36.1. The SMILES string of the molecule is CCCCCC[Si]1(CCCCCC)C2=Cc3c(-c4cccc(C(C)C)c4)cccc3[CH]2[Hf]([CH3])([CH3])[CH]2C1=Cc1c(-c3cccc(C(C)C)c3)cccc12. The van der Waals surface area contributed by atoms with Crippen molar-refractivity contribution in [1.29, 1.82) is 0 Å². The molecule has 2 unspecified atom stereocenters. The first kappa shape index (κ1) is 37.8. The Hall–Kier alpha value is -2.55. The molecule has 2 atom stereocenters. The number of rotatable bonds is 14. The van der Waals surface area contributed by atoms with Gasteiger partial charge in [0.15, 0.2) is 0 Å². The predicted octanol–water partition coefficient (Wildman–Crippen LogP) is 15.8. The van der Waals surface area contributed by atoms with E-state index in [4.69, 9.17) is 0 Å². The summed E-state index contributed by atoms with van der Waals surface area (Å²) in [6.45, 7) is 14.1. The van der Waals surface area contributed by atoms with Crippen molar-refractivity contribution < 1.29 is 20.0 Å². The van der Waals surface area contributed by atoms with Crippen molar-refractivity contribution in [2.75, 3.05) is 0 Å². The average Bonchev–Trinajstić information content (AvgIpc) is 3.76. The molecule has 1 fully saturated rings. The molecule has 0 spiro atoms. The first-order valence-electron chi connectivity index (χ1n) is 21.0. The van der Waals surface area contributed by atoms with Crippen molar-refractivity contribution in [3.63, 3.8) is 0 Å². The number of hydrogen-bond donors (Lipinski definition) is 0. The van der Waals surface area contributed by atoms with Crippen LogP contribution in [0.25, 0.3) is 34.4 Å². The summed E-state index contributed by atoms with van der Waals surface area (Å²) in [5, 5.41) is 3.93. The van der Waals surface area contributed by atoms with Gasteiger partial charge in [-0.2, -0.15) is 0 Å². The molecule has 1 aliphatic heterocycles. The van der Waals surface area contributed by atoms with E-state index in [1.165, 1.54) is 96.8 Å². The van der Waals surface area contributed by atoms with Gasteiger partial charge >= 0.3 is 325 Å². The molecule has 2 heteroatoms. The van der Waals surface area contributed by atoms with Crippen LogP contribution in [0.1, 0.15) is 145 Å². The van der Waals surface area contributed by atoms with Crippen LogP contribution >= 0.6 is 0 Å². The Balaban J connectivity index is 1.45. The molecule has 52 heavy (non-hydrogen) atoms. The van der Waals surface area contributed by atoms with E-state index in [1.807, 2.05) is 10.4 Å². The van der Waals surface area contributed by atoms with Gasteiger partial charge in [0, 0.05) is 0 Å². The van der Waals surface area contributed by atoms with Crippen molar-refractivity contribution in [3.8, 4) is 22.3 Å². The molecule has 3 aliphatic rings. The van der Waals surface area contributed by atoms with E-state index < -0.39 is 28.0 Å². The molecule has 0 bridgehead atoms. The van der Waals surface area contributed by atoms with Gasteiger partial charge in [-0.15, -0.1) is 0 Å². The fourth-order valence-corrected chi connectivity index (χ4v) is 43.5. The summed E-state index contributed by atoms with van der Waals surface area (Å²) in [5.74, 6) is 1.06. The van der Waals surface area contributed by atoms with E-state index in [1.54, 1.807) is 22.3 Å². The Morgan fingerprint density at radius 3 is 1.37 bits per heavy atom. The number of allylic oxidation sites excluding steroid dienone is 2. The number of benzene rings is 4. The standard InChI is InChI=1S/C48H58Si.2CH3.Hf/c1-7-9-11-13-27-49(28-14-12-10-8-2,43-31-41-23-17-25-45(47(41)33-43)39-21-15-19-37(29-39)35(3)4)44-32-42-24-18-26-46(48(42)34-44)40-22-16-20-38(30-40)36(5)6;;;/h15-26,29-36H,7-14,27-28H2,1-6H3;2*1H3;. The second-order valence-electron chi connectivity index (χ2n) is 17.8. The molecule has 0 aromatic heterocycles. The summed E-state index contributed by atoms with van der Waals surface area (Å²) in [6.07, 6.45) is 16.6. The molecular formula is C50H64HfSi. The molecule has 2 aliphatic carbocycles. The quantitative estimate of drug-likeness (QED) is 0.0875. The Kier molecular flexibility index (Phi) is 11.4. The molecule has 272 valence electrons. The minimum absolute atomic E-state index is 0.531. The van der Waals surface area contributed by atoms with Crippen molar-refractivity contribution in [2.24, 2.45) is 0 Å². The summed E-state index contributed by atoms with van der Waals surface area (Å²) in [4.78, 5) is 0. The van der Waals surface area contributed by atoms with E-state index in [9.17, 15) is 0 Å². The van der Waals surface area contributed by atoms with Crippen LogP contribution in [0, 0.1) is 0 Å². The molecule has 1 saturated heterocycles. The fourth-order valence-electron chi connectivity index (χ4n) is 10.6. The van der Waals surface area contributed by atoms with Gasteiger partial charge in [-0.05, 0) is 0 Å². The third kappa shape index (κ3) is 6.72. The van der Waals surface area contributed by atoms with Crippen LogP contribution in [0.4, 0.5) is 0 Å². The van der Waals surface area contributed by atoms with Crippen LogP contribution in [-0.4, -0.2) is 8.07 Å². The molecule has 0 nitrogen and oxygen atoms in total. The molecule has 0 amide bonds. The molecule has 0 N–H and O–H groups in total. The van der Waals surface area contributed by atoms with Gasteiger partial charge < -0.3 is 0 Å². The summed E-state index contributed by atoms with van der Waals surface area (Å²) >= 11 is -3.17. The van der Waals surface area contributed by atoms with Crippen LogP contribution in [0.5, 0.6) is 0 Å². The van der Waals surface area contributed by atoms with Crippen molar-refractivity contribution in [3.05, 3.63) is 129 Å². The van der Waals surface area contributed by atoms with Crippen molar-refractivity contribution in [2.45, 2.75) is 134 Å². The Morgan fingerprint density at radius 1 is 0.538 bits per heavy atom. The van der Waals surface area contributed by atoms with Crippen LogP contribution in [-0.2, 0) is 20.0 Å². The minimum atomic E-state index is -3.17. The molecule has 4 aromatic rings. The predicted molar refractivity (Wildman–Crippen MR) is 229 cm³/mol. The molecule has 0 radical (unpaired) electrons. The second-order valence-corrected chi connectivity index (χ2v) is 39.3. The van der Waals surface area contributed by atoms with Crippen LogP contribution in [0.2, 0.25) is 21.4 Å². The summed E-state index contributed by atoms with van der Waals surface area (Å²) in [7, 11) is -2.05. The van der Waals surface area contributed by atoms with Crippen molar-refractivity contribution in [1.82, 2.24) is 0 Å². The second kappa shape index (κ2) is 15.7. The zero-order valence-corrected chi connectivity index (χ0v) is 38.2. The van der Waals surface area contributed by atoms with Crippen LogP contribution in [0.15, 0.2) is 95.3 Å². The van der Waals surface area contributed by atoms with E-state index in [2.05, 4.69) is 148 Å². The van der Waals surface area contributed by atoms with E-state index in [0.717, 1.165) is 0 Å². The normalized spacial score (nSPS) is 19.3. The van der Waals surface area contributed by atoms with Crippen LogP contribution in [0.3, 0.4) is 0 Å². The first-order chi connectivity index (χ1) is 25.1. The summed E-state index contributed by atoms with van der Waals surface area (Å²) in [5.41, 5.74) is 15.2. The van der Waals surface area contributed by atoms with E-state index in [0.29, 0.717) is 19.2 Å². The fraction of sp³-hybridized carbons (Fsp3) is 0.440. The van der Waals surface area contributed by atoms with Gasteiger partial charge in [-0.25, -0.2) is 0 Å². The molecule has 4 aromatic carbocycles. The number of fused-ring (bicyclic) bond motifs is 6. The maximum absolute atomic E-state index is 3.17. The van der Waals surface area contributed by atoms with Crippen LogP contribution < -0.4 is 0 Å². The Morgan fingerprint density at radius 2 is 0.962 bits per heavy atom. The first-order valence-corrected chi connectivity index (χ1v) is 34.8. The zero-order chi connectivity index (χ0) is 36.6. The van der Waals surface area contributed by atoms with Gasteiger partial charge in [-0.1, -0.05) is 0 Å². The molecule has 7 rings (SSSR count). The topological polar surface area (TPSA) is 0 Å². The monoisotopic (exact) mass is 872 g/mol. The average molecular weight is 872 g/mol. The Bertz CT molecular complexity index is 1830. The Labute approximate surface area is 322 Å². The third-order valence-electron chi connectivity index (χ3n) is 13.4. The molecular weight excluding hydrogens is 807 g/mol. The van der Waals surface area contributed by atoms with Gasteiger partial charge in [-0.3, -0.25) is 0 Å². The summed E-state index contributed by atoms with van der Waals surface area (Å²) < 4.78 is 7.08. The van der Waals surface area contributed by atoms with E-state index in [-0.39, 0.29) is 0 Å². The zero-order valence-electron chi connectivity index (χ0n) is 33.6. The molecule has 0 saturated carbocycles.